The van der Waals surface area contributed by atoms with Crippen LogP contribution in [0, 0.1) is 6.92 Å². The molecule has 3 rings (SSSR count). The number of azo groups is 1. The van der Waals surface area contributed by atoms with Gasteiger partial charge in [-0.3, -0.25) is 14.2 Å². The smallest absolute Gasteiger partial charge is 0.295 e. The van der Waals surface area contributed by atoms with Gasteiger partial charge in [0.05, 0.1) is 0 Å². The van der Waals surface area contributed by atoms with Crippen LogP contribution in [0.2, 0.25) is 0 Å². The number of aromatic hydroxyl groups is 2. The third-order valence-corrected chi connectivity index (χ3v) is 4.60. The number of hydrogen-bond acceptors (Lipinski definition) is 4. The summed E-state index contributed by atoms with van der Waals surface area (Å²) in [6.07, 6.45) is 1.70. The van der Waals surface area contributed by atoms with Gasteiger partial charge in [-0.2, -0.15) is 0 Å². The van der Waals surface area contributed by atoms with Crippen LogP contribution < -0.4 is 0 Å². The SMILES string of the molecule is CCCCn1c(O)c2ccc(C(=O)N=NC(=O)c3ccccc3C)cc2c1O. The van der Waals surface area contributed by atoms with E-state index >= 15 is 0 Å². The van der Waals surface area contributed by atoms with Crippen molar-refractivity contribution in [3.8, 4) is 11.8 Å². The van der Waals surface area contributed by atoms with Crippen LogP contribution in [-0.4, -0.2) is 26.6 Å². The Morgan fingerprint density at radius 1 is 0.964 bits per heavy atom. The van der Waals surface area contributed by atoms with Crippen LogP contribution in [0.25, 0.3) is 10.8 Å². The molecule has 0 spiro atoms. The second kappa shape index (κ2) is 8.04. The standard InChI is InChI=1S/C21H21N3O4/c1-3-4-11-24-20(27)16-10-9-14(12-17(16)21(24)28)18(25)22-23-19(26)15-8-6-5-7-13(15)2/h5-10,12,27-28H,3-4,11H2,1-2H3. The largest absolute Gasteiger partial charge is 0.494 e. The van der Waals surface area contributed by atoms with E-state index in [4.69, 9.17) is 0 Å². The zero-order valence-electron chi connectivity index (χ0n) is 15.7. The van der Waals surface area contributed by atoms with Gasteiger partial charge in [0.1, 0.15) is 0 Å². The monoisotopic (exact) mass is 379 g/mol. The number of amides is 2. The van der Waals surface area contributed by atoms with Crippen molar-refractivity contribution in [2.75, 3.05) is 0 Å². The third kappa shape index (κ3) is 3.64. The van der Waals surface area contributed by atoms with E-state index in [2.05, 4.69) is 10.2 Å². The second-order valence-corrected chi connectivity index (χ2v) is 6.54. The first-order valence-corrected chi connectivity index (χ1v) is 9.04. The van der Waals surface area contributed by atoms with Crippen LogP contribution in [0.1, 0.15) is 46.0 Å². The molecule has 1 aromatic heterocycles. The Morgan fingerprint density at radius 3 is 2.36 bits per heavy atom. The molecule has 0 aliphatic heterocycles. The molecule has 7 nitrogen and oxygen atoms in total. The molecule has 0 saturated carbocycles. The lowest BCUT2D eigenvalue weighted by Crippen LogP contribution is -1.99. The molecule has 0 atom stereocenters. The van der Waals surface area contributed by atoms with E-state index in [0.717, 1.165) is 18.4 Å². The molecular formula is C21H21N3O4. The van der Waals surface area contributed by atoms with E-state index in [0.29, 0.717) is 22.9 Å². The minimum Gasteiger partial charge on any atom is -0.494 e. The summed E-state index contributed by atoms with van der Waals surface area (Å²) in [6, 6.07) is 11.4. The fourth-order valence-corrected chi connectivity index (χ4v) is 2.99. The number of carbonyl (C=O) groups is 2. The molecule has 0 saturated heterocycles. The lowest BCUT2D eigenvalue weighted by atomic mass is 10.1. The van der Waals surface area contributed by atoms with Crippen molar-refractivity contribution in [2.45, 2.75) is 33.2 Å². The number of benzene rings is 2. The number of aryl methyl sites for hydroxylation is 1. The lowest BCUT2D eigenvalue weighted by Gasteiger charge is -2.04. The molecule has 0 aliphatic carbocycles. The van der Waals surface area contributed by atoms with Crippen molar-refractivity contribution in [1.29, 1.82) is 0 Å². The van der Waals surface area contributed by atoms with Crippen LogP contribution in [0.15, 0.2) is 52.7 Å². The van der Waals surface area contributed by atoms with Gasteiger partial charge in [-0.05, 0) is 43.2 Å². The van der Waals surface area contributed by atoms with Crippen LogP contribution in [0.5, 0.6) is 11.8 Å². The highest BCUT2D eigenvalue weighted by Gasteiger charge is 2.18. The van der Waals surface area contributed by atoms with Crippen molar-refractivity contribution >= 4 is 22.6 Å². The zero-order chi connectivity index (χ0) is 20.3. The van der Waals surface area contributed by atoms with E-state index in [1.54, 1.807) is 37.3 Å². The molecule has 3 aromatic rings. The third-order valence-electron chi connectivity index (χ3n) is 4.60. The van der Waals surface area contributed by atoms with E-state index in [9.17, 15) is 19.8 Å². The number of nitrogens with zero attached hydrogens (tertiary/aromatic N) is 3. The van der Waals surface area contributed by atoms with Gasteiger partial charge < -0.3 is 10.2 Å². The maximum atomic E-state index is 12.3. The van der Waals surface area contributed by atoms with E-state index in [1.807, 2.05) is 6.92 Å². The normalized spacial score (nSPS) is 11.4. The average Bonchev–Trinajstić information content (AvgIpc) is 2.94. The minimum absolute atomic E-state index is 0.0451. The molecule has 0 aliphatic rings. The topological polar surface area (TPSA) is 104 Å². The van der Waals surface area contributed by atoms with Crippen molar-refractivity contribution in [3.05, 3.63) is 59.2 Å². The molecule has 0 radical (unpaired) electrons. The lowest BCUT2D eigenvalue weighted by molar-refractivity contribution is 0.0946. The second-order valence-electron chi connectivity index (χ2n) is 6.54. The molecule has 1 heterocycles. The Hall–Kier alpha value is -3.48. The van der Waals surface area contributed by atoms with E-state index in [1.165, 1.54) is 16.7 Å². The Labute approximate surface area is 162 Å². The Morgan fingerprint density at radius 2 is 1.64 bits per heavy atom. The van der Waals surface area contributed by atoms with Crippen LogP contribution in [0.3, 0.4) is 0 Å². The molecule has 7 heteroatoms. The first kappa shape index (κ1) is 19.3. The van der Waals surface area contributed by atoms with Gasteiger partial charge in [0.25, 0.3) is 11.8 Å². The van der Waals surface area contributed by atoms with Crippen LogP contribution >= 0.6 is 0 Å². The summed E-state index contributed by atoms with van der Waals surface area (Å²) < 4.78 is 1.41. The molecule has 2 N–H and O–H groups in total. The predicted molar refractivity (Wildman–Crippen MR) is 105 cm³/mol. The summed E-state index contributed by atoms with van der Waals surface area (Å²) >= 11 is 0. The van der Waals surface area contributed by atoms with Crippen molar-refractivity contribution in [3.63, 3.8) is 0 Å². The quantitative estimate of drug-likeness (QED) is 0.632. The fourth-order valence-electron chi connectivity index (χ4n) is 2.99. The highest BCUT2D eigenvalue weighted by atomic mass is 16.3. The zero-order valence-corrected chi connectivity index (χ0v) is 15.7. The summed E-state index contributed by atoms with van der Waals surface area (Å²) in [4.78, 5) is 24.4. The summed E-state index contributed by atoms with van der Waals surface area (Å²) in [7, 11) is 0. The highest BCUT2D eigenvalue weighted by Crippen LogP contribution is 2.37. The summed E-state index contributed by atoms with van der Waals surface area (Å²) in [5.74, 6) is -1.46. The van der Waals surface area contributed by atoms with Crippen LogP contribution in [0.4, 0.5) is 0 Å². The van der Waals surface area contributed by atoms with Crippen molar-refractivity contribution in [2.24, 2.45) is 10.2 Å². The molecule has 0 bridgehead atoms. The van der Waals surface area contributed by atoms with Gasteiger partial charge >= 0.3 is 0 Å². The highest BCUT2D eigenvalue weighted by molar-refractivity contribution is 6.03. The van der Waals surface area contributed by atoms with Crippen molar-refractivity contribution < 1.29 is 19.8 Å². The maximum Gasteiger partial charge on any atom is 0.295 e. The molecule has 2 amide bonds. The van der Waals surface area contributed by atoms with Crippen LogP contribution in [-0.2, 0) is 6.54 Å². The molecule has 0 fully saturated rings. The fraction of sp³-hybridized carbons (Fsp3) is 0.238. The number of unbranched alkanes of at least 4 members (excludes halogenated alkanes) is 1. The van der Waals surface area contributed by atoms with Crippen molar-refractivity contribution in [1.82, 2.24) is 4.57 Å². The molecule has 144 valence electrons. The minimum atomic E-state index is -0.705. The number of hydrogen-bond donors (Lipinski definition) is 2. The number of carbonyl (C=O) groups excluding carboxylic acids is 2. The molecule has 28 heavy (non-hydrogen) atoms. The van der Waals surface area contributed by atoms with Gasteiger partial charge in [0, 0.05) is 28.4 Å². The van der Waals surface area contributed by atoms with Gasteiger partial charge in [-0.15, -0.1) is 10.2 Å². The summed E-state index contributed by atoms with van der Waals surface area (Å²) in [5.41, 5.74) is 1.29. The Balaban J connectivity index is 1.87. The number of rotatable bonds is 5. The average molecular weight is 379 g/mol. The Bertz CT molecular complexity index is 1080. The van der Waals surface area contributed by atoms with Gasteiger partial charge in [-0.25, -0.2) is 0 Å². The van der Waals surface area contributed by atoms with Gasteiger partial charge in [0.2, 0.25) is 11.8 Å². The molecular weight excluding hydrogens is 358 g/mol. The summed E-state index contributed by atoms with van der Waals surface area (Å²) in [6.45, 7) is 4.25. The molecule has 2 aromatic carbocycles. The van der Waals surface area contributed by atoms with E-state index < -0.39 is 11.8 Å². The van der Waals surface area contributed by atoms with E-state index in [-0.39, 0.29) is 17.3 Å². The number of aromatic nitrogens is 1. The Kier molecular flexibility index (Phi) is 5.54. The van der Waals surface area contributed by atoms with Gasteiger partial charge in [0.15, 0.2) is 0 Å². The first-order chi connectivity index (χ1) is 13.4. The first-order valence-electron chi connectivity index (χ1n) is 9.04. The molecule has 0 unspecified atom stereocenters. The predicted octanol–water partition coefficient (Wildman–Crippen LogP) is 4.59. The maximum absolute atomic E-state index is 12.3. The number of fused-ring (bicyclic) bond motifs is 1. The van der Waals surface area contributed by atoms with Gasteiger partial charge in [-0.1, -0.05) is 31.5 Å². The summed E-state index contributed by atoms with van der Waals surface area (Å²) in [5, 5.41) is 28.5.